The molecule has 2 N–H and O–H groups in total. The molecule has 8 nitrogen and oxygen atoms in total. The van der Waals surface area contributed by atoms with Crippen LogP contribution in [0, 0.1) is 24.1 Å². The molecule has 1 saturated carbocycles. The van der Waals surface area contributed by atoms with Gasteiger partial charge < -0.3 is 15.2 Å². The molecule has 1 aromatic heterocycles. The summed E-state index contributed by atoms with van der Waals surface area (Å²) < 4.78 is 16.2. The number of benzene rings is 1. The maximum atomic E-state index is 14.6. The molecule has 0 unspecified atom stereocenters. The number of hydrogen-bond donors (Lipinski definition) is 2. The average molecular weight is 484 g/mol. The molecule has 0 radical (unpaired) electrons. The zero-order valence-electron chi connectivity index (χ0n) is 20.9. The van der Waals surface area contributed by atoms with E-state index >= 15 is 0 Å². The third-order valence-corrected chi connectivity index (χ3v) is 7.99. The summed E-state index contributed by atoms with van der Waals surface area (Å²) >= 11 is 0. The molecule has 9 heteroatoms. The minimum atomic E-state index is -0.901. The summed E-state index contributed by atoms with van der Waals surface area (Å²) in [6.07, 6.45) is 7.25. The Balaban J connectivity index is 1.33. The van der Waals surface area contributed by atoms with Crippen LogP contribution in [0.3, 0.4) is 0 Å². The predicted molar refractivity (Wildman–Crippen MR) is 129 cm³/mol. The Morgan fingerprint density at radius 2 is 2.00 bits per heavy atom. The molecule has 0 atom stereocenters. The molecule has 4 amide bonds. The number of carbonyl (C=O) groups excluding carboxylic acids is 3. The number of nitrogens with zero attached hydrogens (tertiary/aromatic N) is 3. The van der Waals surface area contributed by atoms with Gasteiger partial charge in [-0.25, -0.2) is 14.2 Å². The number of aromatic nitrogens is 2. The van der Waals surface area contributed by atoms with Gasteiger partial charge in [-0.15, -0.1) is 0 Å². The first-order valence-electron chi connectivity index (χ1n) is 12.3. The molecular weight excluding hydrogens is 449 g/mol. The summed E-state index contributed by atoms with van der Waals surface area (Å²) in [6.45, 7) is 8.19. The van der Waals surface area contributed by atoms with Crippen molar-refractivity contribution in [3.05, 3.63) is 47.8 Å². The molecule has 2 fully saturated rings. The number of rotatable bonds is 7. The van der Waals surface area contributed by atoms with Crippen molar-refractivity contribution >= 4 is 17.8 Å². The van der Waals surface area contributed by atoms with Crippen molar-refractivity contribution in [2.45, 2.75) is 71.9 Å². The quantitative estimate of drug-likeness (QED) is 0.585. The van der Waals surface area contributed by atoms with E-state index in [0.29, 0.717) is 35.8 Å². The first kappa shape index (κ1) is 24.9. The lowest BCUT2D eigenvalue weighted by Gasteiger charge is -2.42. The van der Waals surface area contributed by atoms with Crippen LogP contribution in [0.2, 0.25) is 0 Å². The Morgan fingerprint density at radius 3 is 2.60 bits per heavy atom. The number of hydrogen-bond acceptors (Lipinski definition) is 4. The molecule has 2 aromatic rings. The zero-order chi connectivity index (χ0) is 25.4. The van der Waals surface area contributed by atoms with E-state index < -0.39 is 23.3 Å². The highest BCUT2D eigenvalue weighted by atomic mass is 19.1. The molecule has 1 aliphatic heterocycles. The number of imidazole rings is 1. The van der Waals surface area contributed by atoms with Gasteiger partial charge in [-0.3, -0.25) is 14.5 Å². The van der Waals surface area contributed by atoms with Gasteiger partial charge in [-0.05, 0) is 61.6 Å². The van der Waals surface area contributed by atoms with Crippen molar-refractivity contribution < 1.29 is 18.8 Å². The normalized spacial score (nSPS) is 22.5. The fraction of sp³-hybridized carbons (Fsp3) is 0.538. The molecule has 1 aliphatic carbocycles. The lowest BCUT2D eigenvalue weighted by atomic mass is 9.65. The number of halogens is 1. The van der Waals surface area contributed by atoms with Crippen LogP contribution in [-0.2, 0) is 16.1 Å². The number of amides is 4. The highest BCUT2D eigenvalue weighted by molar-refractivity contribution is 6.09. The van der Waals surface area contributed by atoms with E-state index in [0.717, 1.165) is 24.2 Å². The summed E-state index contributed by atoms with van der Waals surface area (Å²) in [5.74, 6) is -0.0583. The molecule has 35 heavy (non-hydrogen) atoms. The Morgan fingerprint density at radius 1 is 1.29 bits per heavy atom. The van der Waals surface area contributed by atoms with E-state index in [2.05, 4.69) is 36.4 Å². The van der Waals surface area contributed by atoms with Crippen LogP contribution in [0.1, 0.15) is 64.3 Å². The molecule has 0 bridgehead atoms. The second-order valence-corrected chi connectivity index (χ2v) is 10.4. The maximum Gasteiger partial charge on any atom is 0.325 e. The summed E-state index contributed by atoms with van der Waals surface area (Å²) in [5, 5.41) is 5.56. The van der Waals surface area contributed by atoms with Gasteiger partial charge >= 0.3 is 6.03 Å². The zero-order valence-corrected chi connectivity index (χ0v) is 20.9. The summed E-state index contributed by atoms with van der Waals surface area (Å²) in [6, 6.07) is 4.18. The third-order valence-electron chi connectivity index (χ3n) is 7.99. The smallest absolute Gasteiger partial charge is 0.325 e. The van der Waals surface area contributed by atoms with Gasteiger partial charge in [0.05, 0.1) is 5.69 Å². The standard InChI is InChI=1S/C26H34FN5O3/c1-5-25(3,4)19-8-10-26(11-9-19)23(34)32(24(35)30-26)16-22(33)29-15-18-6-7-21(20(27)14-18)31-13-12-28-17(31)2/h6-7,12-14,19H,5,8-11,15-16H2,1-4H3,(H,29,33)(H,30,35). The molecule has 1 saturated heterocycles. The molecule has 1 aromatic carbocycles. The second kappa shape index (κ2) is 9.43. The van der Waals surface area contributed by atoms with Gasteiger partial charge in [-0.1, -0.05) is 33.3 Å². The molecule has 4 rings (SSSR count). The van der Waals surface area contributed by atoms with E-state index in [9.17, 15) is 18.8 Å². The highest BCUT2D eigenvalue weighted by Crippen LogP contribution is 2.45. The number of nitrogens with one attached hydrogen (secondary N) is 2. The minimum Gasteiger partial charge on any atom is -0.350 e. The number of aryl methyl sites for hydroxylation is 1. The second-order valence-electron chi connectivity index (χ2n) is 10.4. The first-order chi connectivity index (χ1) is 16.6. The minimum absolute atomic E-state index is 0.0848. The molecular formula is C26H34FN5O3. The predicted octanol–water partition coefficient (Wildman–Crippen LogP) is 3.85. The average Bonchev–Trinajstić information content (AvgIpc) is 3.34. The lowest BCUT2D eigenvalue weighted by Crippen LogP contribution is -2.51. The maximum absolute atomic E-state index is 14.6. The van der Waals surface area contributed by atoms with Crippen LogP contribution in [0.4, 0.5) is 9.18 Å². The Labute approximate surface area is 205 Å². The fourth-order valence-electron chi connectivity index (χ4n) is 5.23. The van der Waals surface area contributed by atoms with E-state index in [4.69, 9.17) is 0 Å². The first-order valence-corrected chi connectivity index (χ1v) is 12.3. The molecule has 188 valence electrons. The van der Waals surface area contributed by atoms with Crippen molar-refractivity contribution in [3.63, 3.8) is 0 Å². The Kier molecular flexibility index (Phi) is 6.71. The lowest BCUT2D eigenvalue weighted by molar-refractivity contribution is -0.136. The number of urea groups is 1. The van der Waals surface area contributed by atoms with Crippen molar-refractivity contribution in [2.24, 2.45) is 11.3 Å². The number of imide groups is 1. The Hall–Kier alpha value is -3.23. The van der Waals surface area contributed by atoms with Crippen LogP contribution in [0.15, 0.2) is 30.6 Å². The highest BCUT2D eigenvalue weighted by Gasteiger charge is 2.53. The van der Waals surface area contributed by atoms with Crippen LogP contribution in [0.25, 0.3) is 5.69 Å². The summed E-state index contributed by atoms with van der Waals surface area (Å²) in [7, 11) is 0. The van der Waals surface area contributed by atoms with Crippen LogP contribution >= 0.6 is 0 Å². The monoisotopic (exact) mass is 483 g/mol. The van der Waals surface area contributed by atoms with Gasteiger partial charge in [0, 0.05) is 18.9 Å². The van der Waals surface area contributed by atoms with Gasteiger partial charge in [0.2, 0.25) is 5.91 Å². The molecule has 2 aliphatic rings. The number of carbonyl (C=O) groups is 3. The third kappa shape index (κ3) is 4.81. The van der Waals surface area contributed by atoms with Crippen molar-refractivity contribution in [1.82, 2.24) is 25.1 Å². The summed E-state index contributed by atoms with van der Waals surface area (Å²) in [5.41, 5.74) is 0.240. The van der Waals surface area contributed by atoms with Gasteiger partial charge in [0.15, 0.2) is 0 Å². The van der Waals surface area contributed by atoms with Crippen LogP contribution in [-0.4, -0.2) is 44.4 Å². The van der Waals surface area contributed by atoms with E-state index in [1.165, 1.54) is 6.07 Å². The SMILES string of the molecule is CCC(C)(C)C1CCC2(CC1)NC(=O)N(CC(=O)NCc1ccc(-n3ccnc3C)c(F)c1)C2=O. The summed E-state index contributed by atoms with van der Waals surface area (Å²) in [4.78, 5) is 43.4. The van der Waals surface area contributed by atoms with Gasteiger partial charge in [-0.2, -0.15) is 0 Å². The fourth-order valence-corrected chi connectivity index (χ4v) is 5.23. The van der Waals surface area contributed by atoms with Crippen molar-refractivity contribution in [2.75, 3.05) is 6.54 Å². The molecule has 2 heterocycles. The van der Waals surface area contributed by atoms with E-state index in [1.807, 2.05) is 0 Å². The van der Waals surface area contributed by atoms with E-state index in [-0.39, 0.29) is 24.4 Å². The topological polar surface area (TPSA) is 96.3 Å². The Bertz CT molecular complexity index is 1130. The van der Waals surface area contributed by atoms with Crippen LogP contribution in [0.5, 0.6) is 0 Å². The molecule has 1 spiro atoms. The van der Waals surface area contributed by atoms with E-state index in [1.54, 1.807) is 36.0 Å². The largest absolute Gasteiger partial charge is 0.350 e. The van der Waals surface area contributed by atoms with Gasteiger partial charge in [0.1, 0.15) is 23.7 Å². The van der Waals surface area contributed by atoms with Gasteiger partial charge in [0.25, 0.3) is 5.91 Å². The van der Waals surface area contributed by atoms with Crippen molar-refractivity contribution in [3.8, 4) is 5.69 Å². The van der Waals surface area contributed by atoms with Crippen LogP contribution < -0.4 is 10.6 Å². The van der Waals surface area contributed by atoms with Crippen molar-refractivity contribution in [1.29, 1.82) is 0 Å².